The fourth-order valence-electron chi connectivity index (χ4n) is 3.93. The molecule has 0 aromatic rings. The molecule has 1 saturated carbocycles. The predicted molar refractivity (Wildman–Crippen MR) is 71.7 cm³/mol. The molecular weight excluding hydrogens is 242 g/mol. The quantitative estimate of drug-likeness (QED) is 0.828. The molecule has 0 aromatic carbocycles. The molecule has 19 heavy (non-hydrogen) atoms. The van der Waals surface area contributed by atoms with Crippen molar-refractivity contribution in [3.05, 3.63) is 0 Å². The van der Waals surface area contributed by atoms with Crippen molar-refractivity contribution in [2.75, 3.05) is 19.7 Å². The maximum absolute atomic E-state index is 12.3. The molecule has 3 rings (SSSR count). The van der Waals surface area contributed by atoms with Gasteiger partial charge < -0.3 is 14.7 Å². The molecule has 3 aliphatic rings. The number of aliphatic hydroxyl groups is 1. The van der Waals surface area contributed by atoms with Crippen LogP contribution in [-0.2, 0) is 9.53 Å². The summed E-state index contributed by atoms with van der Waals surface area (Å²) in [5, 5.41) is 10.6. The summed E-state index contributed by atoms with van der Waals surface area (Å²) in [6.07, 6.45) is 7.86. The number of rotatable bonds is 2. The van der Waals surface area contributed by atoms with E-state index in [9.17, 15) is 9.90 Å². The Kier molecular flexibility index (Phi) is 3.81. The molecule has 2 heterocycles. The standard InChI is InChI=1S/C15H25NO3/c17-14(10-13-5-3-9-19-13)16-8-7-15(18)6-2-1-4-12(15)11-16/h12-13,18H,1-11H2. The second kappa shape index (κ2) is 5.41. The molecule has 108 valence electrons. The molecule has 0 spiro atoms. The van der Waals surface area contributed by atoms with Crippen molar-refractivity contribution in [1.82, 2.24) is 4.90 Å². The Labute approximate surface area is 115 Å². The lowest BCUT2D eigenvalue weighted by Gasteiger charge is -2.47. The Hall–Kier alpha value is -0.610. The van der Waals surface area contributed by atoms with Crippen LogP contribution in [-0.4, -0.2) is 47.3 Å². The Balaban J connectivity index is 1.56. The molecule has 4 nitrogen and oxygen atoms in total. The fourth-order valence-corrected chi connectivity index (χ4v) is 3.93. The van der Waals surface area contributed by atoms with Crippen LogP contribution in [0, 0.1) is 5.92 Å². The van der Waals surface area contributed by atoms with E-state index < -0.39 is 5.60 Å². The summed E-state index contributed by atoms with van der Waals surface area (Å²) in [5.41, 5.74) is -0.487. The number of hydrogen-bond donors (Lipinski definition) is 1. The summed E-state index contributed by atoms with van der Waals surface area (Å²) in [7, 11) is 0. The molecule has 1 aliphatic carbocycles. The Morgan fingerprint density at radius 3 is 2.95 bits per heavy atom. The van der Waals surface area contributed by atoms with Crippen LogP contribution in [0.1, 0.15) is 51.4 Å². The summed E-state index contributed by atoms with van der Waals surface area (Å²) in [6.45, 7) is 2.28. The lowest BCUT2D eigenvalue weighted by molar-refractivity contribution is -0.145. The topological polar surface area (TPSA) is 49.8 Å². The van der Waals surface area contributed by atoms with Crippen molar-refractivity contribution >= 4 is 5.91 Å². The van der Waals surface area contributed by atoms with E-state index >= 15 is 0 Å². The summed E-state index contributed by atoms with van der Waals surface area (Å²) < 4.78 is 5.54. The van der Waals surface area contributed by atoms with Gasteiger partial charge in [-0.1, -0.05) is 12.8 Å². The van der Waals surface area contributed by atoms with E-state index in [1.807, 2.05) is 4.90 Å². The maximum Gasteiger partial charge on any atom is 0.225 e. The van der Waals surface area contributed by atoms with Gasteiger partial charge in [0.1, 0.15) is 0 Å². The highest BCUT2D eigenvalue weighted by Crippen LogP contribution is 2.39. The van der Waals surface area contributed by atoms with Gasteiger partial charge in [0.05, 0.1) is 18.1 Å². The van der Waals surface area contributed by atoms with Gasteiger partial charge in [0.25, 0.3) is 0 Å². The number of nitrogens with zero attached hydrogens (tertiary/aromatic N) is 1. The van der Waals surface area contributed by atoms with Crippen molar-refractivity contribution in [2.24, 2.45) is 5.92 Å². The molecule has 3 unspecified atom stereocenters. The molecule has 0 radical (unpaired) electrons. The van der Waals surface area contributed by atoms with Gasteiger partial charge >= 0.3 is 0 Å². The molecule has 0 aromatic heterocycles. The number of hydrogen-bond acceptors (Lipinski definition) is 3. The number of likely N-dealkylation sites (tertiary alicyclic amines) is 1. The monoisotopic (exact) mass is 267 g/mol. The minimum absolute atomic E-state index is 0.139. The zero-order valence-electron chi connectivity index (χ0n) is 11.6. The van der Waals surface area contributed by atoms with Gasteiger partial charge in [-0.05, 0) is 32.1 Å². The second-order valence-corrected chi connectivity index (χ2v) is 6.48. The molecule has 1 amide bonds. The zero-order chi connectivity index (χ0) is 13.3. The molecule has 4 heteroatoms. The van der Waals surface area contributed by atoms with Gasteiger partial charge in [-0.25, -0.2) is 0 Å². The summed E-state index contributed by atoms with van der Waals surface area (Å²) in [5.74, 6) is 0.517. The van der Waals surface area contributed by atoms with E-state index in [1.165, 1.54) is 6.42 Å². The van der Waals surface area contributed by atoms with E-state index in [-0.39, 0.29) is 12.0 Å². The number of piperidine rings is 1. The van der Waals surface area contributed by atoms with Crippen LogP contribution in [0.15, 0.2) is 0 Å². The van der Waals surface area contributed by atoms with E-state index in [2.05, 4.69) is 0 Å². The molecular formula is C15H25NO3. The van der Waals surface area contributed by atoms with Gasteiger partial charge in [0, 0.05) is 25.6 Å². The first kappa shape index (κ1) is 13.4. The summed E-state index contributed by atoms with van der Waals surface area (Å²) in [6, 6.07) is 0. The molecule has 3 fully saturated rings. The predicted octanol–water partition coefficient (Wildman–Crippen LogP) is 1.71. The van der Waals surface area contributed by atoms with Crippen LogP contribution in [0.3, 0.4) is 0 Å². The molecule has 0 bridgehead atoms. The van der Waals surface area contributed by atoms with Crippen LogP contribution >= 0.6 is 0 Å². The maximum atomic E-state index is 12.3. The zero-order valence-corrected chi connectivity index (χ0v) is 11.6. The average molecular weight is 267 g/mol. The van der Waals surface area contributed by atoms with Gasteiger partial charge in [0.2, 0.25) is 5.91 Å². The summed E-state index contributed by atoms with van der Waals surface area (Å²) in [4.78, 5) is 14.3. The number of ether oxygens (including phenoxy) is 1. The molecule has 2 saturated heterocycles. The van der Waals surface area contributed by atoms with Crippen molar-refractivity contribution in [3.8, 4) is 0 Å². The van der Waals surface area contributed by atoms with E-state index in [0.29, 0.717) is 12.3 Å². The summed E-state index contributed by atoms with van der Waals surface area (Å²) >= 11 is 0. The van der Waals surface area contributed by atoms with Gasteiger partial charge in [-0.3, -0.25) is 4.79 Å². The van der Waals surface area contributed by atoms with Crippen molar-refractivity contribution in [3.63, 3.8) is 0 Å². The SMILES string of the molecule is O=C(CC1CCCO1)N1CCC2(O)CCCCC2C1. The highest BCUT2D eigenvalue weighted by Gasteiger charge is 2.43. The van der Waals surface area contributed by atoms with Crippen LogP contribution in [0.25, 0.3) is 0 Å². The van der Waals surface area contributed by atoms with Gasteiger partial charge in [-0.15, -0.1) is 0 Å². The van der Waals surface area contributed by atoms with E-state index in [1.54, 1.807) is 0 Å². The lowest BCUT2D eigenvalue weighted by Crippen LogP contribution is -2.54. The van der Waals surface area contributed by atoms with Crippen molar-refractivity contribution < 1.29 is 14.6 Å². The lowest BCUT2D eigenvalue weighted by atomic mass is 9.71. The molecule has 1 N–H and O–H groups in total. The third-order valence-corrected chi connectivity index (χ3v) is 5.21. The van der Waals surface area contributed by atoms with Crippen LogP contribution in [0.2, 0.25) is 0 Å². The largest absolute Gasteiger partial charge is 0.389 e. The highest BCUT2D eigenvalue weighted by atomic mass is 16.5. The highest BCUT2D eigenvalue weighted by molar-refractivity contribution is 5.76. The normalized spacial score (nSPS) is 39.1. The van der Waals surface area contributed by atoms with Gasteiger partial charge in [-0.2, -0.15) is 0 Å². The van der Waals surface area contributed by atoms with Crippen molar-refractivity contribution in [2.45, 2.75) is 63.1 Å². The van der Waals surface area contributed by atoms with E-state index in [0.717, 1.165) is 58.2 Å². The molecule has 2 aliphatic heterocycles. The molecule has 3 atom stereocenters. The number of carbonyl (C=O) groups is 1. The second-order valence-electron chi connectivity index (χ2n) is 6.48. The Bertz CT molecular complexity index is 340. The first-order valence-corrected chi connectivity index (χ1v) is 7.79. The van der Waals surface area contributed by atoms with E-state index in [4.69, 9.17) is 4.74 Å². The average Bonchev–Trinajstić information content (AvgIpc) is 2.90. The van der Waals surface area contributed by atoms with Crippen LogP contribution in [0.5, 0.6) is 0 Å². The first-order valence-electron chi connectivity index (χ1n) is 7.79. The minimum atomic E-state index is -0.487. The van der Waals surface area contributed by atoms with Gasteiger partial charge in [0.15, 0.2) is 0 Å². The third kappa shape index (κ3) is 2.79. The Morgan fingerprint density at radius 1 is 1.26 bits per heavy atom. The van der Waals surface area contributed by atoms with Crippen LogP contribution in [0.4, 0.5) is 0 Å². The smallest absolute Gasteiger partial charge is 0.225 e. The number of fused-ring (bicyclic) bond motifs is 1. The Morgan fingerprint density at radius 2 is 2.16 bits per heavy atom. The van der Waals surface area contributed by atoms with Crippen LogP contribution < -0.4 is 0 Å². The number of amides is 1. The first-order chi connectivity index (χ1) is 9.17. The number of carbonyl (C=O) groups excluding carboxylic acids is 1. The minimum Gasteiger partial charge on any atom is -0.389 e. The van der Waals surface area contributed by atoms with Crippen molar-refractivity contribution in [1.29, 1.82) is 0 Å². The fraction of sp³-hybridized carbons (Fsp3) is 0.933. The third-order valence-electron chi connectivity index (χ3n) is 5.21.